The molecule has 1 aliphatic rings. The standard InChI is InChI=1S/C23H24FN3O4/c1-15(28)22-20(21(25-31-22)16-7-9-17(24)10-8-16)23(29)27-13-11-26(12-14-27)18-5-3-4-6-19(18)30-2/h3-10,15,28H,11-14H2,1-2H3/t15-/m0/s1. The maximum absolute atomic E-state index is 13.4. The average molecular weight is 425 g/mol. The second-order valence-electron chi connectivity index (χ2n) is 7.40. The summed E-state index contributed by atoms with van der Waals surface area (Å²) in [4.78, 5) is 17.3. The van der Waals surface area contributed by atoms with Crippen LogP contribution in [-0.2, 0) is 0 Å². The molecule has 0 spiro atoms. The number of hydrogen-bond donors (Lipinski definition) is 1. The lowest BCUT2D eigenvalue weighted by Crippen LogP contribution is -2.49. The summed E-state index contributed by atoms with van der Waals surface area (Å²) >= 11 is 0. The summed E-state index contributed by atoms with van der Waals surface area (Å²) in [7, 11) is 1.64. The van der Waals surface area contributed by atoms with Gasteiger partial charge in [-0.3, -0.25) is 4.79 Å². The van der Waals surface area contributed by atoms with E-state index in [1.165, 1.54) is 31.2 Å². The molecular weight excluding hydrogens is 401 g/mol. The van der Waals surface area contributed by atoms with Crippen molar-refractivity contribution >= 4 is 11.6 Å². The van der Waals surface area contributed by atoms with Gasteiger partial charge in [0.05, 0.1) is 12.8 Å². The highest BCUT2D eigenvalue weighted by Crippen LogP contribution is 2.32. The highest BCUT2D eigenvalue weighted by molar-refractivity contribution is 6.01. The zero-order valence-electron chi connectivity index (χ0n) is 17.4. The third kappa shape index (κ3) is 4.11. The Labute approximate surface area is 179 Å². The van der Waals surface area contributed by atoms with Gasteiger partial charge >= 0.3 is 0 Å². The first-order chi connectivity index (χ1) is 15.0. The number of carbonyl (C=O) groups excluding carboxylic acids is 1. The Hall–Kier alpha value is -3.39. The molecule has 1 aromatic heterocycles. The van der Waals surface area contributed by atoms with Crippen molar-refractivity contribution in [3.8, 4) is 17.0 Å². The van der Waals surface area contributed by atoms with Gasteiger partial charge in [0.2, 0.25) is 0 Å². The number of aliphatic hydroxyl groups is 1. The number of benzene rings is 2. The Morgan fingerprint density at radius 2 is 1.81 bits per heavy atom. The van der Waals surface area contributed by atoms with Gasteiger partial charge in [0.25, 0.3) is 5.91 Å². The van der Waals surface area contributed by atoms with E-state index >= 15 is 0 Å². The number of anilines is 1. The minimum absolute atomic E-state index is 0.108. The molecule has 1 N–H and O–H groups in total. The van der Waals surface area contributed by atoms with Gasteiger partial charge in [-0.2, -0.15) is 0 Å². The summed E-state index contributed by atoms with van der Waals surface area (Å²) in [5.74, 6) is 0.243. The fraction of sp³-hybridized carbons (Fsp3) is 0.304. The fourth-order valence-corrected chi connectivity index (χ4v) is 3.80. The van der Waals surface area contributed by atoms with Crippen LogP contribution in [0.5, 0.6) is 5.75 Å². The van der Waals surface area contributed by atoms with Crippen LogP contribution in [-0.4, -0.2) is 54.4 Å². The van der Waals surface area contributed by atoms with Crippen molar-refractivity contribution in [2.75, 3.05) is 38.2 Å². The van der Waals surface area contributed by atoms with Crippen LogP contribution in [0.3, 0.4) is 0 Å². The lowest BCUT2D eigenvalue weighted by molar-refractivity contribution is 0.0735. The van der Waals surface area contributed by atoms with E-state index in [9.17, 15) is 14.3 Å². The fourth-order valence-electron chi connectivity index (χ4n) is 3.80. The maximum atomic E-state index is 13.4. The SMILES string of the molecule is COc1ccccc1N1CCN(C(=O)c2c(-c3ccc(F)cc3)noc2[C@H](C)O)CC1. The Balaban J connectivity index is 1.57. The molecule has 162 valence electrons. The van der Waals surface area contributed by atoms with E-state index in [1.54, 1.807) is 12.0 Å². The van der Waals surface area contributed by atoms with E-state index < -0.39 is 6.10 Å². The van der Waals surface area contributed by atoms with Crippen LogP contribution in [0.1, 0.15) is 29.1 Å². The monoisotopic (exact) mass is 425 g/mol. The van der Waals surface area contributed by atoms with Gasteiger partial charge in [-0.25, -0.2) is 4.39 Å². The third-order valence-electron chi connectivity index (χ3n) is 5.42. The van der Waals surface area contributed by atoms with Crippen LogP contribution in [0.15, 0.2) is 53.1 Å². The van der Waals surface area contributed by atoms with Gasteiger partial charge in [0.1, 0.15) is 28.9 Å². The highest BCUT2D eigenvalue weighted by Gasteiger charge is 2.32. The van der Waals surface area contributed by atoms with Gasteiger partial charge in [0, 0.05) is 31.7 Å². The quantitative estimate of drug-likeness (QED) is 0.674. The predicted molar refractivity (Wildman–Crippen MR) is 114 cm³/mol. The van der Waals surface area contributed by atoms with E-state index in [-0.39, 0.29) is 23.0 Å². The molecule has 1 amide bonds. The van der Waals surface area contributed by atoms with Crippen molar-refractivity contribution in [3.05, 3.63) is 65.7 Å². The van der Waals surface area contributed by atoms with Crippen LogP contribution < -0.4 is 9.64 Å². The van der Waals surface area contributed by atoms with E-state index in [0.29, 0.717) is 37.4 Å². The largest absolute Gasteiger partial charge is 0.495 e. The average Bonchev–Trinajstić information content (AvgIpc) is 3.24. The molecule has 1 fully saturated rings. The molecule has 1 saturated heterocycles. The van der Waals surface area contributed by atoms with Gasteiger partial charge in [-0.05, 0) is 43.3 Å². The molecule has 0 unspecified atom stereocenters. The number of aromatic nitrogens is 1. The minimum Gasteiger partial charge on any atom is -0.495 e. The Morgan fingerprint density at radius 3 is 2.45 bits per heavy atom. The summed E-state index contributed by atoms with van der Waals surface area (Å²) in [5.41, 5.74) is 2.05. The van der Waals surface area contributed by atoms with Crippen molar-refractivity contribution in [1.29, 1.82) is 0 Å². The zero-order chi connectivity index (χ0) is 22.0. The number of halogens is 1. The molecule has 0 saturated carbocycles. The summed E-state index contributed by atoms with van der Waals surface area (Å²) in [5, 5.41) is 14.1. The molecule has 2 heterocycles. The van der Waals surface area contributed by atoms with Gasteiger partial charge in [-0.15, -0.1) is 0 Å². The number of amides is 1. The lowest BCUT2D eigenvalue weighted by atomic mass is 10.0. The first-order valence-corrected chi connectivity index (χ1v) is 10.1. The number of nitrogens with zero attached hydrogens (tertiary/aromatic N) is 3. The van der Waals surface area contributed by atoms with Crippen LogP contribution in [0, 0.1) is 5.82 Å². The molecule has 7 nitrogen and oxygen atoms in total. The zero-order valence-corrected chi connectivity index (χ0v) is 17.4. The predicted octanol–water partition coefficient (Wildman–Crippen LogP) is 3.51. The number of para-hydroxylation sites is 2. The molecule has 4 rings (SSSR count). The van der Waals surface area contributed by atoms with Gasteiger partial charge in [0.15, 0.2) is 5.76 Å². The number of rotatable bonds is 5. The van der Waals surface area contributed by atoms with Crippen LogP contribution in [0.4, 0.5) is 10.1 Å². The Kier molecular flexibility index (Phi) is 5.90. The second-order valence-corrected chi connectivity index (χ2v) is 7.40. The summed E-state index contributed by atoms with van der Waals surface area (Å²) in [6.07, 6.45) is -1.00. The first kappa shape index (κ1) is 20.9. The van der Waals surface area contributed by atoms with E-state index in [4.69, 9.17) is 9.26 Å². The number of hydrogen-bond acceptors (Lipinski definition) is 6. The first-order valence-electron chi connectivity index (χ1n) is 10.1. The van der Waals surface area contributed by atoms with Crippen LogP contribution in [0.2, 0.25) is 0 Å². The molecule has 2 aromatic carbocycles. The van der Waals surface area contributed by atoms with Crippen molar-refractivity contribution in [1.82, 2.24) is 10.1 Å². The second kappa shape index (κ2) is 8.77. The Bertz CT molecular complexity index is 1060. The summed E-state index contributed by atoms with van der Waals surface area (Å²) in [6.45, 7) is 3.76. The minimum atomic E-state index is -1.00. The maximum Gasteiger partial charge on any atom is 0.259 e. The molecule has 1 aliphatic heterocycles. The van der Waals surface area contributed by atoms with Gasteiger partial charge in [-0.1, -0.05) is 17.3 Å². The van der Waals surface area contributed by atoms with Crippen molar-refractivity contribution in [2.45, 2.75) is 13.0 Å². The molecule has 31 heavy (non-hydrogen) atoms. The van der Waals surface area contributed by atoms with Crippen molar-refractivity contribution in [3.63, 3.8) is 0 Å². The number of carbonyl (C=O) groups is 1. The molecule has 0 bridgehead atoms. The van der Waals surface area contributed by atoms with Gasteiger partial charge < -0.3 is 24.2 Å². The number of aliphatic hydroxyl groups excluding tert-OH is 1. The van der Waals surface area contributed by atoms with E-state index in [2.05, 4.69) is 10.1 Å². The smallest absolute Gasteiger partial charge is 0.259 e. The normalized spacial score (nSPS) is 15.1. The summed E-state index contributed by atoms with van der Waals surface area (Å²) in [6, 6.07) is 13.4. The summed E-state index contributed by atoms with van der Waals surface area (Å²) < 4.78 is 24.1. The lowest BCUT2D eigenvalue weighted by Gasteiger charge is -2.36. The molecule has 0 radical (unpaired) electrons. The molecule has 1 atom stereocenters. The van der Waals surface area contributed by atoms with E-state index in [0.717, 1.165) is 11.4 Å². The number of piperazine rings is 1. The third-order valence-corrected chi connectivity index (χ3v) is 5.42. The van der Waals surface area contributed by atoms with Crippen molar-refractivity contribution < 1.29 is 23.6 Å². The topological polar surface area (TPSA) is 79.0 Å². The molecule has 0 aliphatic carbocycles. The van der Waals surface area contributed by atoms with Crippen molar-refractivity contribution in [2.24, 2.45) is 0 Å². The number of ether oxygens (including phenoxy) is 1. The van der Waals surface area contributed by atoms with Crippen LogP contribution in [0.25, 0.3) is 11.3 Å². The molecule has 3 aromatic rings. The molecular formula is C23H24FN3O4. The van der Waals surface area contributed by atoms with E-state index in [1.807, 2.05) is 24.3 Å². The van der Waals surface area contributed by atoms with Crippen LogP contribution >= 0.6 is 0 Å². The Morgan fingerprint density at radius 1 is 1.13 bits per heavy atom. The number of methoxy groups -OCH3 is 1. The molecule has 8 heteroatoms. The highest BCUT2D eigenvalue weighted by atomic mass is 19.1.